The third-order valence-corrected chi connectivity index (χ3v) is 4.94. The minimum Gasteiger partial charge on any atom is -0.339 e. The summed E-state index contributed by atoms with van der Waals surface area (Å²) in [6, 6.07) is 3.14. The van der Waals surface area contributed by atoms with Gasteiger partial charge in [-0.25, -0.2) is 8.78 Å². The molecule has 2 aliphatic rings. The summed E-state index contributed by atoms with van der Waals surface area (Å²) >= 11 is 0. The van der Waals surface area contributed by atoms with Gasteiger partial charge >= 0.3 is 0 Å². The van der Waals surface area contributed by atoms with Crippen LogP contribution in [0.3, 0.4) is 0 Å². The molecule has 0 atom stereocenters. The van der Waals surface area contributed by atoms with Crippen LogP contribution in [0.25, 0.3) is 0 Å². The maximum absolute atomic E-state index is 13.7. The minimum atomic E-state index is -0.776. The highest BCUT2D eigenvalue weighted by Crippen LogP contribution is 2.39. The van der Waals surface area contributed by atoms with Crippen molar-refractivity contribution < 1.29 is 13.6 Å². The zero-order chi connectivity index (χ0) is 14.9. The molecule has 1 aromatic rings. The maximum atomic E-state index is 13.7. The summed E-state index contributed by atoms with van der Waals surface area (Å²) in [6.45, 7) is 3.41. The number of likely N-dealkylation sites (tertiary alicyclic amines) is 1. The van der Waals surface area contributed by atoms with Gasteiger partial charge < -0.3 is 10.2 Å². The number of halogens is 2. The molecule has 0 bridgehead atoms. The Balaban J connectivity index is 1.67. The highest BCUT2D eigenvalue weighted by molar-refractivity contribution is 5.94. The number of nitrogens with zero attached hydrogens (tertiary/aromatic N) is 1. The number of hydrogen-bond donors (Lipinski definition) is 1. The molecule has 1 aromatic carbocycles. The largest absolute Gasteiger partial charge is 0.339 e. The topological polar surface area (TPSA) is 32.3 Å². The number of hydrogen-bond acceptors (Lipinski definition) is 2. The molecule has 2 fully saturated rings. The molecule has 21 heavy (non-hydrogen) atoms. The normalized spacial score (nSPS) is 21.5. The van der Waals surface area contributed by atoms with Gasteiger partial charge in [0.15, 0.2) is 0 Å². The van der Waals surface area contributed by atoms with Crippen molar-refractivity contribution in [3.05, 3.63) is 35.4 Å². The fraction of sp³-hybridized carbons (Fsp3) is 0.562. The second-order valence-corrected chi connectivity index (χ2v) is 6.17. The van der Waals surface area contributed by atoms with E-state index in [-0.39, 0.29) is 11.5 Å². The average molecular weight is 294 g/mol. The molecular formula is C16H20F2N2O. The van der Waals surface area contributed by atoms with E-state index in [1.807, 2.05) is 0 Å². The zero-order valence-electron chi connectivity index (χ0n) is 12.0. The average Bonchev–Trinajstić information content (AvgIpc) is 2.48. The molecule has 5 heteroatoms. The molecule has 1 spiro atoms. The Kier molecular flexibility index (Phi) is 3.93. The van der Waals surface area contributed by atoms with Crippen LogP contribution in [0, 0.1) is 17.0 Å². The van der Waals surface area contributed by atoms with E-state index in [9.17, 15) is 13.6 Å². The van der Waals surface area contributed by atoms with E-state index in [0.29, 0.717) is 18.5 Å². The lowest BCUT2D eigenvalue weighted by atomic mass is 9.71. The molecule has 0 aromatic heterocycles. The fourth-order valence-electron chi connectivity index (χ4n) is 3.47. The van der Waals surface area contributed by atoms with Gasteiger partial charge in [-0.15, -0.1) is 0 Å². The second-order valence-electron chi connectivity index (χ2n) is 6.17. The molecule has 2 heterocycles. The van der Waals surface area contributed by atoms with Crippen LogP contribution in [0.5, 0.6) is 0 Å². The van der Waals surface area contributed by atoms with Crippen LogP contribution in [-0.2, 0) is 0 Å². The lowest BCUT2D eigenvalue weighted by Crippen LogP contribution is -2.47. The van der Waals surface area contributed by atoms with Crippen LogP contribution >= 0.6 is 0 Å². The first kappa shape index (κ1) is 14.4. The first-order valence-electron chi connectivity index (χ1n) is 7.55. The lowest BCUT2D eigenvalue weighted by molar-refractivity contribution is 0.0492. The zero-order valence-corrected chi connectivity index (χ0v) is 12.0. The highest BCUT2D eigenvalue weighted by Gasteiger charge is 2.37. The molecule has 1 N–H and O–H groups in total. The Bertz CT molecular complexity index is 531. The van der Waals surface area contributed by atoms with E-state index in [1.54, 1.807) is 4.90 Å². The number of piperidine rings is 2. The van der Waals surface area contributed by atoms with Crippen molar-refractivity contribution in [3.63, 3.8) is 0 Å². The summed E-state index contributed by atoms with van der Waals surface area (Å²) in [6.07, 6.45) is 4.26. The number of amides is 1. The van der Waals surface area contributed by atoms with Crippen LogP contribution in [0.1, 0.15) is 36.0 Å². The molecule has 1 amide bonds. The van der Waals surface area contributed by atoms with Gasteiger partial charge in [0.1, 0.15) is 11.6 Å². The van der Waals surface area contributed by atoms with Gasteiger partial charge in [0, 0.05) is 19.2 Å². The van der Waals surface area contributed by atoms with Gasteiger partial charge in [0.25, 0.3) is 5.91 Å². The van der Waals surface area contributed by atoms with Crippen LogP contribution in [0.4, 0.5) is 8.78 Å². The Morgan fingerprint density at radius 3 is 2.38 bits per heavy atom. The van der Waals surface area contributed by atoms with Crippen molar-refractivity contribution in [2.24, 2.45) is 5.41 Å². The maximum Gasteiger partial charge on any atom is 0.256 e. The van der Waals surface area contributed by atoms with E-state index in [4.69, 9.17) is 0 Å². The third kappa shape index (κ3) is 2.93. The van der Waals surface area contributed by atoms with E-state index < -0.39 is 11.6 Å². The van der Waals surface area contributed by atoms with Gasteiger partial charge in [0.2, 0.25) is 0 Å². The van der Waals surface area contributed by atoms with E-state index >= 15 is 0 Å². The molecule has 3 rings (SSSR count). The van der Waals surface area contributed by atoms with E-state index in [2.05, 4.69) is 5.32 Å². The van der Waals surface area contributed by atoms with Crippen molar-refractivity contribution in [2.45, 2.75) is 25.7 Å². The summed E-state index contributed by atoms with van der Waals surface area (Å²) in [5, 5.41) is 3.36. The van der Waals surface area contributed by atoms with E-state index in [0.717, 1.165) is 50.9 Å². The lowest BCUT2D eigenvalue weighted by Gasteiger charge is -2.44. The van der Waals surface area contributed by atoms with Gasteiger partial charge in [-0.05, 0) is 56.3 Å². The summed E-state index contributed by atoms with van der Waals surface area (Å²) in [7, 11) is 0. The van der Waals surface area contributed by atoms with Crippen LogP contribution in [0.2, 0.25) is 0 Å². The number of rotatable bonds is 1. The molecule has 0 radical (unpaired) electrons. The molecule has 0 aliphatic carbocycles. The van der Waals surface area contributed by atoms with Crippen molar-refractivity contribution >= 4 is 5.91 Å². The van der Waals surface area contributed by atoms with Gasteiger partial charge in [-0.2, -0.15) is 0 Å². The highest BCUT2D eigenvalue weighted by atomic mass is 19.1. The first-order valence-corrected chi connectivity index (χ1v) is 7.55. The summed E-state index contributed by atoms with van der Waals surface area (Å²) < 4.78 is 26.6. The first-order chi connectivity index (χ1) is 10.1. The summed E-state index contributed by atoms with van der Waals surface area (Å²) in [5.74, 6) is -1.75. The predicted molar refractivity (Wildman–Crippen MR) is 76.0 cm³/mol. The molecule has 2 saturated heterocycles. The molecule has 3 nitrogen and oxygen atoms in total. The van der Waals surface area contributed by atoms with Gasteiger partial charge in [-0.1, -0.05) is 0 Å². The van der Waals surface area contributed by atoms with Crippen molar-refractivity contribution in [3.8, 4) is 0 Å². The Labute approximate surface area is 123 Å². The fourth-order valence-corrected chi connectivity index (χ4v) is 3.47. The molecule has 0 saturated carbocycles. The molecule has 0 unspecified atom stereocenters. The smallest absolute Gasteiger partial charge is 0.256 e. The van der Waals surface area contributed by atoms with Crippen molar-refractivity contribution in [1.82, 2.24) is 10.2 Å². The number of carbonyl (C=O) groups excluding carboxylic acids is 1. The van der Waals surface area contributed by atoms with Crippen LogP contribution < -0.4 is 5.32 Å². The number of nitrogens with one attached hydrogen (secondary N) is 1. The van der Waals surface area contributed by atoms with Crippen molar-refractivity contribution in [2.75, 3.05) is 26.2 Å². The number of carbonyl (C=O) groups is 1. The third-order valence-electron chi connectivity index (χ3n) is 4.94. The second kappa shape index (κ2) is 5.72. The molecular weight excluding hydrogens is 274 g/mol. The Hall–Kier alpha value is -1.49. The quantitative estimate of drug-likeness (QED) is 0.863. The SMILES string of the molecule is O=C(c1ccc(F)cc1F)N1CCC2(CCNCC2)CC1. The van der Waals surface area contributed by atoms with Crippen molar-refractivity contribution in [1.29, 1.82) is 0 Å². The Morgan fingerprint density at radius 2 is 1.76 bits per heavy atom. The van der Waals surface area contributed by atoms with E-state index in [1.165, 1.54) is 6.07 Å². The number of benzene rings is 1. The standard InChI is InChI=1S/C16H20F2N2O/c17-12-1-2-13(14(18)11-12)15(21)20-9-5-16(6-10-20)3-7-19-8-4-16/h1-2,11,19H,3-10H2. The Morgan fingerprint density at radius 1 is 1.10 bits per heavy atom. The van der Waals surface area contributed by atoms with Crippen LogP contribution in [0.15, 0.2) is 18.2 Å². The predicted octanol–water partition coefficient (Wildman–Crippen LogP) is 2.57. The summed E-state index contributed by atoms with van der Waals surface area (Å²) in [4.78, 5) is 14.1. The van der Waals surface area contributed by atoms with Gasteiger partial charge in [-0.3, -0.25) is 4.79 Å². The molecule has 114 valence electrons. The van der Waals surface area contributed by atoms with Gasteiger partial charge in [0.05, 0.1) is 5.56 Å². The molecule has 2 aliphatic heterocycles. The minimum absolute atomic E-state index is 0.0299. The van der Waals surface area contributed by atoms with Crippen LogP contribution in [-0.4, -0.2) is 37.0 Å². The monoisotopic (exact) mass is 294 g/mol. The summed E-state index contributed by atoms with van der Waals surface area (Å²) in [5.41, 5.74) is 0.321.